The van der Waals surface area contributed by atoms with Crippen LogP contribution in [0.15, 0.2) is 18.3 Å². The summed E-state index contributed by atoms with van der Waals surface area (Å²) in [7, 11) is 0. The van der Waals surface area contributed by atoms with Gasteiger partial charge in [0.25, 0.3) is 0 Å². The van der Waals surface area contributed by atoms with E-state index in [9.17, 15) is 10.0 Å². The fraction of sp³-hybridized carbons (Fsp3) is 0.250. The van der Waals surface area contributed by atoms with Crippen LogP contribution in [-0.4, -0.2) is 22.5 Å². The van der Waals surface area contributed by atoms with Crippen LogP contribution in [0.25, 0.3) is 5.69 Å². The van der Waals surface area contributed by atoms with Crippen molar-refractivity contribution in [3.63, 3.8) is 0 Å². The maximum atomic E-state index is 11.7. The lowest BCUT2D eigenvalue weighted by Crippen LogP contribution is -2.36. The van der Waals surface area contributed by atoms with Crippen LogP contribution < -0.4 is 4.85 Å². The van der Waals surface area contributed by atoms with Crippen molar-refractivity contribution < 1.29 is 14.4 Å². The molecular formula is C12H11Cl2N3O3. The van der Waals surface area contributed by atoms with Crippen LogP contribution in [0.5, 0.6) is 0 Å². The lowest BCUT2D eigenvalue weighted by atomic mass is 10.2. The zero-order valence-electron chi connectivity index (χ0n) is 10.8. The number of ether oxygens (including phenoxy) is 1. The quantitative estimate of drug-likeness (QED) is 0.495. The summed E-state index contributed by atoms with van der Waals surface area (Å²) in [5, 5.41) is 15.9. The van der Waals surface area contributed by atoms with E-state index in [0.29, 0.717) is 10.5 Å². The van der Waals surface area contributed by atoms with Crippen LogP contribution in [-0.2, 0) is 4.74 Å². The Labute approximate surface area is 125 Å². The third kappa shape index (κ3) is 2.71. The minimum atomic E-state index is -0.533. The summed E-state index contributed by atoms with van der Waals surface area (Å²) in [4.78, 5) is 13.2. The summed E-state index contributed by atoms with van der Waals surface area (Å²) in [6, 6.07) is 2.77. The molecule has 0 aliphatic rings. The molecule has 20 heavy (non-hydrogen) atoms. The smallest absolute Gasteiger partial charge is 0.338 e. The third-order valence-corrected chi connectivity index (χ3v) is 3.04. The number of hydrogen-bond donors (Lipinski definition) is 0. The van der Waals surface area contributed by atoms with Crippen molar-refractivity contribution >= 4 is 29.2 Å². The van der Waals surface area contributed by atoms with Gasteiger partial charge in [0.05, 0.1) is 22.2 Å². The first-order chi connectivity index (χ1) is 9.43. The van der Waals surface area contributed by atoms with Crippen LogP contribution in [0.4, 0.5) is 0 Å². The zero-order chi connectivity index (χ0) is 14.9. The number of halogens is 2. The maximum Gasteiger partial charge on any atom is 0.338 e. The van der Waals surface area contributed by atoms with Gasteiger partial charge in [0, 0.05) is 12.0 Å². The van der Waals surface area contributed by atoms with Crippen LogP contribution in [0.3, 0.4) is 0 Å². The van der Waals surface area contributed by atoms with Crippen molar-refractivity contribution in [3.8, 4) is 5.69 Å². The molecule has 2 rings (SSSR count). The predicted molar refractivity (Wildman–Crippen MR) is 73.2 cm³/mol. The van der Waals surface area contributed by atoms with E-state index in [1.165, 1.54) is 18.3 Å². The standard InChI is InChI=1S/C12H11Cl2N3O3/c1-3-20-12(18)8-4-9(13)11(10(14)5-8)17-15-7(2)6-16(17)19/h4-6H,3H2,1-2H3. The Bertz CT molecular complexity index is 647. The molecule has 0 aliphatic carbocycles. The largest absolute Gasteiger partial charge is 0.692 e. The molecule has 0 radical (unpaired) electrons. The number of rotatable bonds is 3. The second-order valence-corrected chi connectivity index (χ2v) is 4.79. The highest BCUT2D eigenvalue weighted by Gasteiger charge is 2.20. The minimum absolute atomic E-state index is 0.133. The molecular weight excluding hydrogens is 305 g/mol. The first kappa shape index (κ1) is 14.6. The third-order valence-electron chi connectivity index (χ3n) is 2.46. The summed E-state index contributed by atoms with van der Waals surface area (Å²) in [6.45, 7) is 3.61. The van der Waals surface area contributed by atoms with Gasteiger partial charge in [-0.2, -0.15) is 4.85 Å². The van der Waals surface area contributed by atoms with E-state index in [1.54, 1.807) is 13.8 Å². The van der Waals surface area contributed by atoms with Gasteiger partial charge in [-0.1, -0.05) is 23.2 Å². The summed E-state index contributed by atoms with van der Waals surface area (Å²) in [5.41, 5.74) is 0.943. The van der Waals surface area contributed by atoms with Crippen molar-refractivity contribution in [2.75, 3.05) is 6.61 Å². The average Bonchev–Trinajstić information content (AvgIpc) is 2.68. The molecule has 0 unspecified atom stereocenters. The van der Waals surface area contributed by atoms with Crippen molar-refractivity contribution in [1.82, 2.24) is 9.90 Å². The monoisotopic (exact) mass is 315 g/mol. The maximum absolute atomic E-state index is 11.7. The number of aromatic nitrogens is 3. The Morgan fingerprint density at radius 2 is 2.05 bits per heavy atom. The fourth-order valence-electron chi connectivity index (χ4n) is 1.67. The summed E-state index contributed by atoms with van der Waals surface area (Å²) in [6.07, 6.45) is 1.28. The van der Waals surface area contributed by atoms with E-state index in [2.05, 4.69) is 5.10 Å². The number of hydrogen-bond acceptors (Lipinski definition) is 4. The van der Waals surface area contributed by atoms with Gasteiger partial charge in [-0.25, -0.2) is 4.79 Å². The van der Waals surface area contributed by atoms with E-state index in [-0.39, 0.29) is 27.9 Å². The SMILES string of the molecule is CCOC(=O)c1cc(Cl)c(-n2nc(C)c[n+]2[O-])c(Cl)c1. The van der Waals surface area contributed by atoms with Gasteiger partial charge in [-0.3, -0.25) is 0 Å². The highest BCUT2D eigenvalue weighted by atomic mass is 35.5. The van der Waals surface area contributed by atoms with Gasteiger partial charge in [0.2, 0.25) is 5.69 Å². The molecule has 0 bridgehead atoms. The molecule has 0 saturated carbocycles. The minimum Gasteiger partial charge on any atom is -0.692 e. The first-order valence-electron chi connectivity index (χ1n) is 5.76. The molecule has 1 aromatic carbocycles. The van der Waals surface area contributed by atoms with Crippen molar-refractivity contribution in [3.05, 3.63) is 44.8 Å². The molecule has 0 atom stereocenters. The number of aryl methyl sites for hydroxylation is 1. The predicted octanol–water partition coefficient (Wildman–Crippen LogP) is 2.30. The van der Waals surface area contributed by atoms with Crippen LogP contribution in [0.1, 0.15) is 23.0 Å². The number of esters is 1. The molecule has 0 amide bonds. The van der Waals surface area contributed by atoms with E-state index >= 15 is 0 Å². The molecule has 8 heteroatoms. The molecule has 2 aromatic rings. The van der Waals surface area contributed by atoms with E-state index < -0.39 is 5.97 Å². The van der Waals surface area contributed by atoms with Crippen LogP contribution in [0.2, 0.25) is 10.0 Å². The average molecular weight is 316 g/mol. The van der Waals surface area contributed by atoms with Crippen molar-refractivity contribution in [2.45, 2.75) is 13.8 Å². The second kappa shape index (κ2) is 5.68. The lowest BCUT2D eigenvalue weighted by Gasteiger charge is -2.09. The number of benzene rings is 1. The number of carbonyl (C=O) groups is 1. The summed E-state index contributed by atoms with van der Waals surface area (Å²) in [5.74, 6) is -0.533. The molecule has 6 nitrogen and oxygen atoms in total. The molecule has 1 heterocycles. The van der Waals surface area contributed by atoms with Gasteiger partial charge >= 0.3 is 5.97 Å². The normalized spacial score (nSPS) is 10.6. The molecule has 0 saturated heterocycles. The van der Waals surface area contributed by atoms with Gasteiger partial charge < -0.3 is 9.94 Å². The highest BCUT2D eigenvalue weighted by molar-refractivity contribution is 6.38. The summed E-state index contributed by atoms with van der Waals surface area (Å²) < 4.78 is 4.87. The van der Waals surface area contributed by atoms with Gasteiger partial charge in [-0.05, 0) is 23.9 Å². The van der Waals surface area contributed by atoms with Gasteiger partial charge in [-0.15, -0.1) is 0 Å². The van der Waals surface area contributed by atoms with Crippen molar-refractivity contribution in [1.29, 1.82) is 0 Å². The highest BCUT2D eigenvalue weighted by Crippen LogP contribution is 2.29. The van der Waals surface area contributed by atoms with Crippen molar-refractivity contribution in [2.24, 2.45) is 0 Å². The topological polar surface area (TPSA) is 71.1 Å². The Morgan fingerprint density at radius 3 is 2.50 bits per heavy atom. The number of nitrogens with zero attached hydrogens (tertiary/aromatic N) is 3. The molecule has 0 fully saturated rings. The second-order valence-electron chi connectivity index (χ2n) is 3.97. The Morgan fingerprint density at radius 1 is 1.45 bits per heavy atom. The zero-order valence-corrected chi connectivity index (χ0v) is 12.3. The van der Waals surface area contributed by atoms with Gasteiger partial charge in [0.15, 0.2) is 11.9 Å². The van der Waals surface area contributed by atoms with Gasteiger partial charge in [0.1, 0.15) is 0 Å². The summed E-state index contributed by atoms with van der Waals surface area (Å²) >= 11 is 12.2. The Kier molecular flexibility index (Phi) is 4.15. The van der Waals surface area contributed by atoms with Crippen LogP contribution in [0, 0.1) is 12.1 Å². The van der Waals surface area contributed by atoms with E-state index in [4.69, 9.17) is 27.9 Å². The molecule has 0 spiro atoms. The fourth-order valence-corrected chi connectivity index (χ4v) is 2.31. The number of carbonyl (C=O) groups excluding carboxylic acids is 1. The first-order valence-corrected chi connectivity index (χ1v) is 6.52. The lowest BCUT2D eigenvalue weighted by molar-refractivity contribution is -0.688. The molecule has 1 aromatic heterocycles. The van der Waals surface area contributed by atoms with Crippen LogP contribution >= 0.6 is 23.2 Å². The Balaban J connectivity index is 2.52. The van der Waals surface area contributed by atoms with E-state index in [0.717, 1.165) is 4.80 Å². The molecule has 0 N–H and O–H groups in total. The molecule has 106 valence electrons. The Hall–Kier alpha value is -1.79. The molecule has 0 aliphatic heterocycles. The van der Waals surface area contributed by atoms with E-state index in [1.807, 2.05) is 0 Å².